The second-order valence-corrected chi connectivity index (χ2v) is 2.93. The zero-order chi connectivity index (χ0) is 13.1. The number of ether oxygens (including phenoxy) is 2. The van der Waals surface area contributed by atoms with Crippen LogP contribution in [0.15, 0.2) is 18.2 Å². The Labute approximate surface area is 94.6 Å². The summed E-state index contributed by atoms with van der Waals surface area (Å²) >= 11 is 0. The molecule has 0 N–H and O–H groups in total. The predicted molar refractivity (Wildman–Crippen MR) is 48.6 cm³/mol. The van der Waals surface area contributed by atoms with Crippen molar-refractivity contribution in [2.75, 3.05) is 6.61 Å². The van der Waals surface area contributed by atoms with Gasteiger partial charge in [0.25, 0.3) is 0 Å². The largest absolute Gasteiger partial charge is 0.573 e. The number of benzene rings is 1. The molecule has 7 heteroatoms. The van der Waals surface area contributed by atoms with Gasteiger partial charge >= 0.3 is 6.36 Å². The van der Waals surface area contributed by atoms with Crippen molar-refractivity contribution < 1.29 is 32.5 Å². The second-order valence-electron chi connectivity index (χ2n) is 2.93. The number of hydrogen-bond donors (Lipinski definition) is 0. The van der Waals surface area contributed by atoms with Crippen LogP contribution in [0.2, 0.25) is 0 Å². The maximum absolute atomic E-state index is 11.9. The Bertz CT molecular complexity index is 415. The molecule has 1 aromatic rings. The molecular weight excluding hydrogens is 241 g/mol. The van der Waals surface area contributed by atoms with Crippen LogP contribution in [-0.4, -0.2) is 18.9 Å². The van der Waals surface area contributed by atoms with Gasteiger partial charge in [0.05, 0.1) is 12.6 Å². The van der Waals surface area contributed by atoms with Gasteiger partial charge in [-0.3, -0.25) is 0 Å². The third-order valence-corrected chi connectivity index (χ3v) is 1.71. The number of carbonyl (C=O) groups is 1. The number of carbonyl (C=O) groups excluding carboxylic acids is 1. The monoisotopic (exact) mass is 249 g/mol. The molecule has 0 amide bonds. The summed E-state index contributed by atoms with van der Waals surface area (Å²) in [7, 11) is 0. The van der Waals surface area contributed by atoms with Gasteiger partial charge in [-0.05, 0) is 19.1 Å². The highest BCUT2D eigenvalue weighted by Gasteiger charge is 2.31. The van der Waals surface area contributed by atoms with Crippen LogP contribution >= 0.6 is 0 Å². The lowest BCUT2D eigenvalue weighted by molar-refractivity contribution is -0.274. The van der Waals surface area contributed by atoms with E-state index in [2.05, 4.69) is 4.74 Å². The van der Waals surface area contributed by atoms with Gasteiger partial charge in [-0.1, -0.05) is 0 Å². The van der Waals surface area contributed by atoms with Crippen molar-refractivity contribution in [2.24, 2.45) is 0 Å². The zero-order valence-electron chi connectivity index (χ0n) is 8.71. The number of rotatable bonds is 4. The van der Waals surface area contributed by atoms with Crippen LogP contribution in [0.3, 0.4) is 0 Å². The van der Waals surface area contributed by atoms with Crippen LogP contribution in [0.25, 0.3) is 0 Å². The predicted octanol–water partition coefficient (Wildman–Crippen LogP) is 1.35. The minimum atomic E-state index is -4.84. The van der Waals surface area contributed by atoms with Crippen molar-refractivity contribution in [1.29, 1.82) is 0 Å². The SMILES string of the molecule is CCOc1cc(OC(F)(F)F)ccc1C(=O)[O-]. The maximum Gasteiger partial charge on any atom is 0.573 e. The summed E-state index contributed by atoms with van der Waals surface area (Å²) < 4.78 is 44.3. The van der Waals surface area contributed by atoms with Crippen molar-refractivity contribution in [1.82, 2.24) is 0 Å². The first kappa shape index (κ1) is 13.1. The lowest BCUT2D eigenvalue weighted by atomic mass is 10.2. The topological polar surface area (TPSA) is 58.6 Å². The molecular formula is C10H8F3O4-. The Morgan fingerprint density at radius 2 is 2.06 bits per heavy atom. The fraction of sp³-hybridized carbons (Fsp3) is 0.300. The molecule has 0 radical (unpaired) electrons. The second kappa shape index (κ2) is 4.94. The van der Waals surface area contributed by atoms with Crippen molar-refractivity contribution in [3.05, 3.63) is 23.8 Å². The van der Waals surface area contributed by atoms with E-state index in [1.54, 1.807) is 6.92 Å². The molecule has 0 aromatic heterocycles. The van der Waals surface area contributed by atoms with Gasteiger partial charge in [-0.25, -0.2) is 0 Å². The Morgan fingerprint density at radius 3 is 2.53 bits per heavy atom. The lowest BCUT2D eigenvalue weighted by Crippen LogP contribution is -2.23. The Kier molecular flexibility index (Phi) is 3.82. The molecule has 1 rings (SSSR count). The van der Waals surface area contributed by atoms with Crippen LogP contribution in [0.1, 0.15) is 17.3 Å². The summed E-state index contributed by atoms with van der Waals surface area (Å²) in [6.07, 6.45) is -4.84. The van der Waals surface area contributed by atoms with E-state index in [0.717, 1.165) is 18.2 Å². The van der Waals surface area contributed by atoms with Crippen LogP contribution < -0.4 is 14.6 Å². The zero-order valence-corrected chi connectivity index (χ0v) is 8.71. The van der Waals surface area contributed by atoms with Crippen LogP contribution in [0, 0.1) is 0 Å². The Balaban J connectivity index is 3.05. The summed E-state index contributed by atoms with van der Waals surface area (Å²) in [5, 5.41) is 10.6. The molecule has 94 valence electrons. The van der Waals surface area contributed by atoms with Gasteiger partial charge in [-0.2, -0.15) is 0 Å². The Morgan fingerprint density at radius 1 is 1.41 bits per heavy atom. The molecule has 0 heterocycles. The van der Waals surface area contributed by atoms with Gasteiger partial charge in [0.15, 0.2) is 0 Å². The molecule has 0 saturated carbocycles. The molecule has 0 aliphatic carbocycles. The Hall–Kier alpha value is -1.92. The first-order chi connectivity index (χ1) is 7.83. The first-order valence-corrected chi connectivity index (χ1v) is 4.57. The molecule has 0 atom stereocenters. The normalized spacial score (nSPS) is 11.1. The highest BCUT2D eigenvalue weighted by Crippen LogP contribution is 2.28. The van der Waals surface area contributed by atoms with E-state index in [0.29, 0.717) is 0 Å². The molecule has 0 bridgehead atoms. The molecule has 17 heavy (non-hydrogen) atoms. The number of hydrogen-bond acceptors (Lipinski definition) is 4. The smallest absolute Gasteiger partial charge is 0.545 e. The molecule has 1 aromatic carbocycles. The third-order valence-electron chi connectivity index (χ3n) is 1.71. The standard InChI is InChI=1S/C10H9F3O4/c1-2-16-8-5-6(17-10(11,12)13)3-4-7(8)9(14)15/h3-5H,2H2,1H3,(H,14,15)/p-1. The molecule has 0 spiro atoms. The highest BCUT2D eigenvalue weighted by molar-refractivity contribution is 5.89. The van der Waals surface area contributed by atoms with E-state index >= 15 is 0 Å². The number of aromatic carboxylic acids is 1. The van der Waals surface area contributed by atoms with E-state index < -0.39 is 18.1 Å². The molecule has 0 aliphatic heterocycles. The van der Waals surface area contributed by atoms with E-state index in [-0.39, 0.29) is 17.9 Å². The molecule has 4 nitrogen and oxygen atoms in total. The lowest BCUT2D eigenvalue weighted by Gasteiger charge is -2.14. The number of alkyl halides is 3. The minimum Gasteiger partial charge on any atom is -0.545 e. The van der Waals surface area contributed by atoms with Gasteiger partial charge < -0.3 is 19.4 Å². The van der Waals surface area contributed by atoms with E-state index in [4.69, 9.17) is 4.74 Å². The quantitative estimate of drug-likeness (QED) is 0.808. The summed E-state index contributed by atoms with van der Waals surface area (Å²) in [5.41, 5.74) is -0.332. The summed E-state index contributed by atoms with van der Waals surface area (Å²) in [6.45, 7) is 1.67. The molecule has 0 unspecified atom stereocenters. The number of carboxylic acids is 1. The van der Waals surface area contributed by atoms with E-state index in [1.807, 2.05) is 0 Å². The van der Waals surface area contributed by atoms with Crippen LogP contribution in [0.5, 0.6) is 11.5 Å². The number of halogens is 3. The van der Waals surface area contributed by atoms with Gasteiger partial charge in [0, 0.05) is 11.6 Å². The fourth-order valence-electron chi connectivity index (χ4n) is 1.14. The molecule has 0 saturated heterocycles. The van der Waals surface area contributed by atoms with Crippen LogP contribution in [0.4, 0.5) is 13.2 Å². The first-order valence-electron chi connectivity index (χ1n) is 4.57. The summed E-state index contributed by atoms with van der Waals surface area (Å²) in [4.78, 5) is 10.6. The van der Waals surface area contributed by atoms with Gasteiger partial charge in [0.2, 0.25) is 0 Å². The van der Waals surface area contributed by atoms with E-state index in [1.165, 1.54) is 0 Å². The van der Waals surface area contributed by atoms with Gasteiger partial charge in [-0.15, -0.1) is 13.2 Å². The average molecular weight is 249 g/mol. The highest BCUT2D eigenvalue weighted by atomic mass is 19.4. The van der Waals surface area contributed by atoms with Crippen LogP contribution in [-0.2, 0) is 0 Å². The summed E-state index contributed by atoms with van der Waals surface area (Å²) in [6, 6.07) is 2.66. The molecule has 0 fully saturated rings. The van der Waals surface area contributed by atoms with Crippen molar-refractivity contribution in [3.63, 3.8) is 0 Å². The van der Waals surface area contributed by atoms with Crippen molar-refractivity contribution >= 4 is 5.97 Å². The minimum absolute atomic E-state index is 0.107. The number of carboxylic acid groups (broad SMARTS) is 1. The van der Waals surface area contributed by atoms with Crippen molar-refractivity contribution in [3.8, 4) is 11.5 Å². The van der Waals surface area contributed by atoms with E-state index in [9.17, 15) is 23.1 Å². The third kappa shape index (κ3) is 3.86. The van der Waals surface area contributed by atoms with Gasteiger partial charge in [0.1, 0.15) is 11.5 Å². The fourth-order valence-corrected chi connectivity index (χ4v) is 1.14. The maximum atomic E-state index is 11.9. The average Bonchev–Trinajstić information content (AvgIpc) is 2.15. The van der Waals surface area contributed by atoms with Crippen molar-refractivity contribution in [2.45, 2.75) is 13.3 Å². The summed E-state index contributed by atoms with van der Waals surface area (Å²) in [5.74, 6) is -2.31. The molecule has 0 aliphatic rings.